The Morgan fingerprint density at radius 3 is 2.56 bits per heavy atom. The fourth-order valence-electron chi connectivity index (χ4n) is 3.40. The second kappa shape index (κ2) is 10.9. The van der Waals surface area contributed by atoms with Gasteiger partial charge >= 0.3 is 0 Å². The fraction of sp³-hybridized carbons (Fsp3) is 0.348. The van der Waals surface area contributed by atoms with Crippen LogP contribution in [0.4, 0.5) is 5.69 Å². The number of rotatable bonds is 7. The molecule has 8 nitrogen and oxygen atoms in total. The summed E-state index contributed by atoms with van der Waals surface area (Å²) < 4.78 is 29.6. The average Bonchev–Trinajstić information content (AvgIpc) is 2.97. The number of anilines is 1. The van der Waals surface area contributed by atoms with Crippen molar-refractivity contribution in [2.75, 3.05) is 25.5 Å². The number of nitrogens with zero attached hydrogens (tertiary/aromatic N) is 2. The van der Waals surface area contributed by atoms with Crippen molar-refractivity contribution in [3.05, 3.63) is 60.2 Å². The summed E-state index contributed by atoms with van der Waals surface area (Å²) in [6.45, 7) is 0.566. The molecule has 0 saturated carbocycles. The Bertz CT molecular complexity index is 1080. The number of sulfonamides is 1. The lowest BCUT2D eigenvalue weighted by molar-refractivity contribution is -0.123. The zero-order valence-electron chi connectivity index (χ0n) is 18.1. The molecule has 0 aromatic heterocycles. The number of hydrogen-bond donors (Lipinski definition) is 2. The van der Waals surface area contributed by atoms with Gasteiger partial charge < -0.3 is 15.5 Å². The molecule has 2 aromatic rings. The van der Waals surface area contributed by atoms with Crippen LogP contribution in [0.3, 0.4) is 0 Å². The van der Waals surface area contributed by atoms with Gasteiger partial charge in [-0.25, -0.2) is 0 Å². The predicted octanol–water partition coefficient (Wildman–Crippen LogP) is 2.58. The van der Waals surface area contributed by atoms with E-state index in [-0.39, 0.29) is 23.8 Å². The standard InChI is InChI=1S/C23H28N4O4S/c1-27-14-7-3-6-13-21(27)26-32(30,31)20-12-8-11-19(16-20)25-23(29)17-24-22(28)15-18-9-4-2-5-10-18/h2,4-5,8-12,16H,3,6-7,13-15,17H2,1H3,(H,24,28)(H,25,29). The molecule has 2 amide bonds. The van der Waals surface area contributed by atoms with E-state index in [4.69, 9.17) is 0 Å². The minimum Gasteiger partial charge on any atom is -0.362 e. The lowest BCUT2D eigenvalue weighted by Gasteiger charge is -2.17. The summed E-state index contributed by atoms with van der Waals surface area (Å²) in [5, 5.41) is 5.18. The van der Waals surface area contributed by atoms with Crippen LogP contribution in [-0.2, 0) is 26.0 Å². The lowest BCUT2D eigenvalue weighted by Crippen LogP contribution is -2.33. The van der Waals surface area contributed by atoms with Gasteiger partial charge in [0, 0.05) is 25.7 Å². The number of nitrogens with one attached hydrogen (secondary N) is 2. The SMILES string of the molecule is CN1CCCCCC1=NS(=O)(=O)c1cccc(NC(=O)CNC(=O)Cc2ccccc2)c1. The highest BCUT2D eigenvalue weighted by Gasteiger charge is 2.19. The number of benzene rings is 2. The summed E-state index contributed by atoms with van der Waals surface area (Å²) in [5.74, 6) is -0.167. The zero-order chi connectivity index (χ0) is 23.0. The van der Waals surface area contributed by atoms with Gasteiger partial charge in [-0.05, 0) is 36.6 Å². The molecule has 2 aromatic carbocycles. The monoisotopic (exact) mass is 456 g/mol. The van der Waals surface area contributed by atoms with E-state index in [1.54, 1.807) is 12.1 Å². The van der Waals surface area contributed by atoms with E-state index >= 15 is 0 Å². The molecule has 1 heterocycles. The summed E-state index contributed by atoms with van der Waals surface area (Å²) in [7, 11) is -2.05. The van der Waals surface area contributed by atoms with Gasteiger partial charge in [0.2, 0.25) is 11.8 Å². The van der Waals surface area contributed by atoms with Crippen molar-refractivity contribution in [1.82, 2.24) is 10.2 Å². The molecule has 3 rings (SSSR count). The highest BCUT2D eigenvalue weighted by molar-refractivity contribution is 7.90. The fourth-order valence-corrected chi connectivity index (χ4v) is 4.54. The van der Waals surface area contributed by atoms with E-state index < -0.39 is 15.9 Å². The maximum atomic E-state index is 12.8. The predicted molar refractivity (Wildman–Crippen MR) is 124 cm³/mol. The minimum atomic E-state index is -3.90. The normalized spacial score (nSPS) is 15.8. The molecule has 0 bridgehead atoms. The third-order valence-corrected chi connectivity index (χ3v) is 6.43. The van der Waals surface area contributed by atoms with Gasteiger partial charge in [-0.1, -0.05) is 42.8 Å². The van der Waals surface area contributed by atoms with E-state index in [0.717, 1.165) is 31.4 Å². The molecule has 0 aliphatic carbocycles. The van der Waals surface area contributed by atoms with Crippen LogP contribution >= 0.6 is 0 Å². The van der Waals surface area contributed by atoms with E-state index in [1.165, 1.54) is 12.1 Å². The van der Waals surface area contributed by atoms with Crippen molar-refractivity contribution in [3.8, 4) is 0 Å². The topological polar surface area (TPSA) is 108 Å². The van der Waals surface area contributed by atoms with Crippen LogP contribution in [0.2, 0.25) is 0 Å². The molecule has 1 saturated heterocycles. The third-order valence-electron chi connectivity index (χ3n) is 5.13. The molecule has 9 heteroatoms. The van der Waals surface area contributed by atoms with Crippen molar-refractivity contribution in [2.45, 2.75) is 37.0 Å². The zero-order valence-corrected chi connectivity index (χ0v) is 18.9. The van der Waals surface area contributed by atoms with Gasteiger partial charge in [0.25, 0.3) is 10.0 Å². The summed E-state index contributed by atoms with van der Waals surface area (Å²) >= 11 is 0. The van der Waals surface area contributed by atoms with Crippen molar-refractivity contribution in [1.29, 1.82) is 0 Å². The van der Waals surface area contributed by atoms with Gasteiger partial charge in [0.05, 0.1) is 17.9 Å². The van der Waals surface area contributed by atoms with Crippen LogP contribution < -0.4 is 10.6 Å². The molecular weight excluding hydrogens is 428 g/mol. The molecule has 170 valence electrons. The second-order valence-electron chi connectivity index (χ2n) is 7.73. The number of carbonyl (C=O) groups excluding carboxylic acids is 2. The molecule has 1 aliphatic rings. The van der Waals surface area contributed by atoms with Gasteiger partial charge in [0.1, 0.15) is 5.84 Å². The van der Waals surface area contributed by atoms with Crippen LogP contribution in [0.15, 0.2) is 63.9 Å². The third kappa shape index (κ3) is 6.91. The van der Waals surface area contributed by atoms with Crippen LogP contribution in [0.5, 0.6) is 0 Å². The maximum absolute atomic E-state index is 12.8. The van der Waals surface area contributed by atoms with E-state index in [0.29, 0.717) is 17.9 Å². The average molecular weight is 457 g/mol. The van der Waals surface area contributed by atoms with Gasteiger partial charge in [-0.15, -0.1) is 4.40 Å². The van der Waals surface area contributed by atoms with Crippen molar-refractivity contribution in [2.24, 2.45) is 4.40 Å². The summed E-state index contributed by atoms with van der Waals surface area (Å²) in [6.07, 6.45) is 3.77. The van der Waals surface area contributed by atoms with Crippen molar-refractivity contribution >= 4 is 33.4 Å². The minimum absolute atomic E-state index is 0.00793. The molecule has 0 spiro atoms. The second-order valence-corrected chi connectivity index (χ2v) is 9.33. The Labute approximate surface area is 188 Å². The molecule has 0 atom stereocenters. The Hall–Kier alpha value is -3.20. The number of amides is 2. The molecular formula is C23H28N4O4S. The molecule has 0 radical (unpaired) electrons. The number of likely N-dealkylation sites (tertiary alicyclic amines) is 1. The van der Waals surface area contributed by atoms with Crippen LogP contribution in [0.1, 0.15) is 31.2 Å². The van der Waals surface area contributed by atoms with Crippen LogP contribution in [0, 0.1) is 0 Å². The smallest absolute Gasteiger partial charge is 0.284 e. The first-order valence-corrected chi connectivity index (χ1v) is 12.0. The molecule has 0 unspecified atom stereocenters. The molecule has 1 fully saturated rings. The number of carbonyl (C=O) groups is 2. The highest BCUT2D eigenvalue weighted by atomic mass is 32.2. The summed E-state index contributed by atoms with van der Waals surface area (Å²) in [6, 6.07) is 15.2. The van der Waals surface area contributed by atoms with E-state index in [9.17, 15) is 18.0 Å². The van der Waals surface area contributed by atoms with E-state index in [2.05, 4.69) is 15.0 Å². The lowest BCUT2D eigenvalue weighted by atomic mass is 10.1. The van der Waals surface area contributed by atoms with E-state index in [1.807, 2.05) is 42.3 Å². The van der Waals surface area contributed by atoms with Gasteiger partial charge in [-0.3, -0.25) is 9.59 Å². The Kier molecular flexibility index (Phi) is 7.99. The summed E-state index contributed by atoms with van der Waals surface area (Å²) in [4.78, 5) is 26.1. The Morgan fingerprint density at radius 2 is 1.78 bits per heavy atom. The first-order valence-electron chi connectivity index (χ1n) is 10.6. The molecule has 1 aliphatic heterocycles. The quantitative estimate of drug-likeness (QED) is 0.666. The molecule has 2 N–H and O–H groups in total. The Morgan fingerprint density at radius 1 is 1.00 bits per heavy atom. The Balaban J connectivity index is 1.60. The number of amidine groups is 1. The van der Waals surface area contributed by atoms with Gasteiger partial charge in [0.15, 0.2) is 0 Å². The largest absolute Gasteiger partial charge is 0.362 e. The maximum Gasteiger partial charge on any atom is 0.284 e. The molecule has 32 heavy (non-hydrogen) atoms. The number of hydrogen-bond acceptors (Lipinski definition) is 4. The highest BCUT2D eigenvalue weighted by Crippen LogP contribution is 2.20. The first-order chi connectivity index (χ1) is 15.3. The van der Waals surface area contributed by atoms with Crippen LogP contribution in [-0.4, -0.2) is 51.1 Å². The first kappa shape index (κ1) is 23.5. The van der Waals surface area contributed by atoms with Crippen molar-refractivity contribution in [3.63, 3.8) is 0 Å². The summed E-state index contributed by atoms with van der Waals surface area (Å²) in [5.41, 5.74) is 1.17. The van der Waals surface area contributed by atoms with Crippen LogP contribution in [0.25, 0.3) is 0 Å². The van der Waals surface area contributed by atoms with Crippen molar-refractivity contribution < 1.29 is 18.0 Å². The van der Waals surface area contributed by atoms with Gasteiger partial charge in [-0.2, -0.15) is 8.42 Å².